The van der Waals surface area contributed by atoms with Gasteiger partial charge in [-0.05, 0) is 38.5 Å². The van der Waals surface area contributed by atoms with Crippen molar-refractivity contribution in [3.05, 3.63) is 16.5 Å². The van der Waals surface area contributed by atoms with Gasteiger partial charge in [-0.2, -0.15) is 0 Å². The summed E-state index contributed by atoms with van der Waals surface area (Å²) in [7, 11) is 0. The van der Waals surface area contributed by atoms with Crippen molar-refractivity contribution >= 4 is 17.4 Å². The lowest BCUT2D eigenvalue weighted by molar-refractivity contribution is 0.532. The molecule has 0 aliphatic rings. The molecule has 1 rings (SSSR count). The normalized spacial score (nSPS) is 11.4. The molecule has 4 heteroatoms. The third-order valence-corrected chi connectivity index (χ3v) is 3.79. The first-order valence-corrected chi connectivity index (χ1v) is 7.94. The summed E-state index contributed by atoms with van der Waals surface area (Å²) >= 11 is 6.21. The lowest BCUT2D eigenvalue weighted by atomic mass is 10.1. The minimum Gasteiger partial charge on any atom is -0.356 e. The Bertz CT molecular complexity index is 418. The van der Waals surface area contributed by atoms with Crippen LogP contribution in [0.5, 0.6) is 0 Å². The summed E-state index contributed by atoms with van der Waals surface area (Å²) in [6.45, 7) is 15.0. The van der Waals surface area contributed by atoms with E-state index in [1.165, 1.54) is 0 Å². The van der Waals surface area contributed by atoms with E-state index in [4.69, 9.17) is 11.6 Å². The van der Waals surface area contributed by atoms with Crippen LogP contribution in [0.4, 0.5) is 5.82 Å². The summed E-state index contributed by atoms with van der Waals surface area (Å²) in [6.07, 6.45) is 2.33. The predicted molar refractivity (Wildman–Crippen MR) is 87.6 cm³/mol. The number of hydrogen-bond acceptors (Lipinski definition) is 3. The Morgan fingerprint density at radius 3 is 1.90 bits per heavy atom. The van der Waals surface area contributed by atoms with Gasteiger partial charge in [-0.1, -0.05) is 39.3 Å². The molecule has 0 bridgehead atoms. The fraction of sp³-hybridized carbons (Fsp3) is 0.750. The smallest absolute Gasteiger partial charge is 0.137 e. The van der Waals surface area contributed by atoms with E-state index in [1.54, 1.807) is 0 Å². The van der Waals surface area contributed by atoms with E-state index in [-0.39, 0.29) is 0 Å². The molecule has 0 saturated heterocycles. The minimum absolute atomic E-state index is 0.576. The standard InChI is InChI=1S/C16H28ClN3/c1-11(2)7-9-20(10-8-12(3)4)16-13(5)15(17)18-14(6)19-16/h11-12H,7-10H2,1-6H3. The van der Waals surface area contributed by atoms with Gasteiger partial charge in [0.25, 0.3) is 0 Å². The average molecular weight is 298 g/mol. The van der Waals surface area contributed by atoms with Crippen LogP contribution < -0.4 is 4.90 Å². The minimum atomic E-state index is 0.576. The lowest BCUT2D eigenvalue weighted by Gasteiger charge is -2.27. The second-order valence-electron chi connectivity index (χ2n) is 6.36. The Hall–Kier alpha value is -0.830. The van der Waals surface area contributed by atoms with Gasteiger partial charge in [-0.15, -0.1) is 0 Å². The highest BCUT2D eigenvalue weighted by Crippen LogP contribution is 2.24. The maximum Gasteiger partial charge on any atom is 0.137 e. The van der Waals surface area contributed by atoms with Gasteiger partial charge in [0.2, 0.25) is 0 Å². The topological polar surface area (TPSA) is 29.0 Å². The van der Waals surface area contributed by atoms with Gasteiger partial charge in [-0.25, -0.2) is 9.97 Å². The SMILES string of the molecule is Cc1nc(Cl)c(C)c(N(CCC(C)C)CCC(C)C)n1. The van der Waals surface area contributed by atoms with Crippen molar-refractivity contribution in [1.82, 2.24) is 9.97 Å². The summed E-state index contributed by atoms with van der Waals surface area (Å²) in [5.74, 6) is 3.13. The Labute approximate surface area is 128 Å². The van der Waals surface area contributed by atoms with Gasteiger partial charge in [0, 0.05) is 18.7 Å². The zero-order valence-corrected chi connectivity index (χ0v) is 14.5. The molecule has 0 saturated carbocycles. The summed E-state index contributed by atoms with van der Waals surface area (Å²) in [5, 5.41) is 0.576. The van der Waals surface area contributed by atoms with Crippen LogP contribution in [0.1, 0.15) is 51.9 Å². The van der Waals surface area contributed by atoms with E-state index in [0.717, 1.165) is 43.1 Å². The molecule has 0 aromatic carbocycles. The van der Waals surface area contributed by atoms with Crippen LogP contribution in [0.2, 0.25) is 5.15 Å². The molecule has 1 aromatic heterocycles. The second kappa shape index (κ2) is 7.82. The molecule has 0 fully saturated rings. The van der Waals surface area contributed by atoms with E-state index in [2.05, 4.69) is 42.6 Å². The molecule has 0 radical (unpaired) electrons. The number of anilines is 1. The molecule has 0 spiro atoms. The molecular weight excluding hydrogens is 270 g/mol. The second-order valence-corrected chi connectivity index (χ2v) is 6.72. The average Bonchev–Trinajstić information content (AvgIpc) is 2.33. The van der Waals surface area contributed by atoms with E-state index >= 15 is 0 Å². The molecule has 3 nitrogen and oxygen atoms in total. The molecule has 20 heavy (non-hydrogen) atoms. The Kier molecular flexibility index (Phi) is 6.74. The monoisotopic (exact) mass is 297 g/mol. The third-order valence-electron chi connectivity index (χ3n) is 3.42. The van der Waals surface area contributed by atoms with Crippen LogP contribution in [0.25, 0.3) is 0 Å². The van der Waals surface area contributed by atoms with Crippen LogP contribution in [0.3, 0.4) is 0 Å². The Morgan fingerprint density at radius 2 is 1.45 bits per heavy atom. The number of halogens is 1. The number of nitrogens with zero attached hydrogens (tertiary/aromatic N) is 3. The van der Waals surface area contributed by atoms with E-state index in [9.17, 15) is 0 Å². The quantitative estimate of drug-likeness (QED) is 0.686. The van der Waals surface area contributed by atoms with Crippen molar-refractivity contribution in [1.29, 1.82) is 0 Å². The van der Waals surface area contributed by atoms with Crippen LogP contribution in [-0.4, -0.2) is 23.1 Å². The van der Waals surface area contributed by atoms with Crippen molar-refractivity contribution < 1.29 is 0 Å². The van der Waals surface area contributed by atoms with E-state index in [0.29, 0.717) is 17.0 Å². The molecule has 0 N–H and O–H groups in total. The van der Waals surface area contributed by atoms with Gasteiger partial charge < -0.3 is 4.90 Å². The first kappa shape index (κ1) is 17.2. The molecule has 0 amide bonds. The van der Waals surface area contributed by atoms with Crippen molar-refractivity contribution in [2.75, 3.05) is 18.0 Å². The molecule has 0 atom stereocenters. The van der Waals surface area contributed by atoms with Crippen molar-refractivity contribution in [3.63, 3.8) is 0 Å². The maximum absolute atomic E-state index is 6.21. The summed E-state index contributed by atoms with van der Waals surface area (Å²) in [5.41, 5.74) is 0.991. The summed E-state index contributed by atoms with van der Waals surface area (Å²) in [4.78, 5) is 11.2. The molecule has 1 heterocycles. The van der Waals surface area contributed by atoms with E-state index < -0.39 is 0 Å². The van der Waals surface area contributed by atoms with Crippen molar-refractivity contribution in [3.8, 4) is 0 Å². The van der Waals surface area contributed by atoms with Gasteiger partial charge in [-0.3, -0.25) is 0 Å². The zero-order chi connectivity index (χ0) is 15.3. The van der Waals surface area contributed by atoms with Gasteiger partial charge in [0.15, 0.2) is 0 Å². The first-order valence-electron chi connectivity index (χ1n) is 7.57. The van der Waals surface area contributed by atoms with Gasteiger partial charge in [0.1, 0.15) is 16.8 Å². The van der Waals surface area contributed by atoms with Crippen LogP contribution >= 0.6 is 11.6 Å². The Morgan fingerprint density at radius 1 is 0.950 bits per heavy atom. The first-order chi connectivity index (χ1) is 9.31. The number of aryl methyl sites for hydroxylation is 1. The highest BCUT2D eigenvalue weighted by atomic mass is 35.5. The van der Waals surface area contributed by atoms with Crippen molar-refractivity contribution in [2.45, 2.75) is 54.4 Å². The number of rotatable bonds is 7. The fourth-order valence-corrected chi connectivity index (χ4v) is 2.25. The maximum atomic E-state index is 6.21. The highest BCUT2D eigenvalue weighted by molar-refractivity contribution is 6.30. The molecule has 1 aromatic rings. The number of hydrogen-bond donors (Lipinski definition) is 0. The van der Waals surface area contributed by atoms with Crippen LogP contribution in [0, 0.1) is 25.7 Å². The Balaban J connectivity index is 2.96. The zero-order valence-electron chi connectivity index (χ0n) is 13.7. The molecule has 114 valence electrons. The highest BCUT2D eigenvalue weighted by Gasteiger charge is 2.15. The van der Waals surface area contributed by atoms with Crippen LogP contribution in [0.15, 0.2) is 0 Å². The van der Waals surface area contributed by atoms with Crippen molar-refractivity contribution in [2.24, 2.45) is 11.8 Å². The predicted octanol–water partition coefficient (Wildman–Crippen LogP) is 4.65. The molecular formula is C16H28ClN3. The summed E-state index contributed by atoms with van der Waals surface area (Å²) < 4.78 is 0. The largest absolute Gasteiger partial charge is 0.356 e. The fourth-order valence-electron chi connectivity index (χ4n) is 2.04. The molecule has 0 unspecified atom stereocenters. The van der Waals surface area contributed by atoms with E-state index in [1.807, 2.05) is 13.8 Å². The summed E-state index contributed by atoms with van der Waals surface area (Å²) in [6, 6.07) is 0. The lowest BCUT2D eigenvalue weighted by Crippen LogP contribution is -2.29. The number of aromatic nitrogens is 2. The molecule has 0 aliphatic carbocycles. The van der Waals surface area contributed by atoms with Crippen LogP contribution in [-0.2, 0) is 0 Å². The molecule has 0 aliphatic heterocycles. The van der Waals surface area contributed by atoms with Gasteiger partial charge in [0.05, 0.1) is 0 Å². The third kappa shape index (κ3) is 5.28. The van der Waals surface area contributed by atoms with Gasteiger partial charge >= 0.3 is 0 Å².